The average molecular weight is 294 g/mol. The molecule has 104 valence electrons. The maximum absolute atomic E-state index is 12.2. The molecule has 20 heavy (non-hydrogen) atoms. The van der Waals surface area contributed by atoms with Gasteiger partial charge in [-0.3, -0.25) is 18.3 Å². The highest BCUT2D eigenvalue weighted by molar-refractivity contribution is 7.86. The fourth-order valence-electron chi connectivity index (χ4n) is 2.09. The van der Waals surface area contributed by atoms with Crippen molar-refractivity contribution in [3.8, 4) is 0 Å². The Labute approximate surface area is 113 Å². The van der Waals surface area contributed by atoms with E-state index in [1.165, 1.54) is 69.9 Å². The second-order valence-corrected chi connectivity index (χ2v) is 5.46. The minimum absolute atomic E-state index is 1.24. The van der Waals surface area contributed by atoms with Gasteiger partial charge in [0.2, 0.25) is 0 Å². The van der Waals surface area contributed by atoms with Gasteiger partial charge in [-0.05, 0) is 0 Å². The van der Waals surface area contributed by atoms with Crippen molar-refractivity contribution in [1.29, 1.82) is 0 Å². The zero-order valence-corrected chi connectivity index (χ0v) is 10.9. The minimum atomic E-state index is -4.63. The number of aromatic nitrogens is 6. The van der Waals surface area contributed by atoms with Gasteiger partial charge in [-0.15, -0.1) is 0 Å². The maximum atomic E-state index is 12.2. The average Bonchev–Trinajstić information content (AvgIpc) is 3.13. The molecule has 3 rings (SSSR count). The Hall–Kier alpha value is -2.46. The van der Waals surface area contributed by atoms with Crippen molar-refractivity contribution in [2.75, 3.05) is 0 Å². The van der Waals surface area contributed by atoms with Crippen LogP contribution in [0.3, 0.4) is 0 Å². The number of nitrogens with zero attached hydrogens (tertiary/aromatic N) is 6. The van der Waals surface area contributed by atoms with Gasteiger partial charge in [-0.2, -0.15) is 8.42 Å². The van der Waals surface area contributed by atoms with Crippen molar-refractivity contribution in [3.05, 3.63) is 56.2 Å². The lowest BCUT2D eigenvalue weighted by atomic mass is 10.6. The fraction of sp³-hybridized carbons (Fsp3) is 0.100. The largest absolute Gasteiger partial charge is 0.338 e. The highest BCUT2D eigenvalue weighted by Gasteiger charge is 2.48. The van der Waals surface area contributed by atoms with Crippen LogP contribution in [0.4, 0.5) is 0 Å². The predicted octanol–water partition coefficient (Wildman–Crippen LogP) is -0.172. The van der Waals surface area contributed by atoms with Crippen LogP contribution in [0.5, 0.6) is 0 Å². The molecule has 0 aromatic carbocycles. The van der Waals surface area contributed by atoms with Crippen molar-refractivity contribution >= 4 is 10.1 Å². The summed E-state index contributed by atoms with van der Waals surface area (Å²) >= 11 is 0. The molecule has 3 heterocycles. The molecule has 1 N–H and O–H groups in total. The summed E-state index contributed by atoms with van der Waals surface area (Å²) in [6, 6.07) is 0. The first-order valence-electron chi connectivity index (χ1n) is 5.49. The molecule has 0 radical (unpaired) electrons. The minimum Gasteiger partial charge on any atom is -0.281 e. The number of imidazole rings is 3. The van der Waals surface area contributed by atoms with E-state index in [-0.39, 0.29) is 0 Å². The van der Waals surface area contributed by atoms with Crippen LogP contribution >= 0.6 is 0 Å². The Morgan fingerprint density at radius 3 is 1.35 bits per heavy atom. The van der Waals surface area contributed by atoms with E-state index in [9.17, 15) is 13.0 Å². The molecule has 3 aromatic rings. The molecule has 10 heteroatoms. The molecule has 9 nitrogen and oxygen atoms in total. The van der Waals surface area contributed by atoms with Gasteiger partial charge in [0, 0.05) is 37.2 Å². The van der Waals surface area contributed by atoms with E-state index < -0.39 is 15.2 Å². The van der Waals surface area contributed by atoms with E-state index in [0.29, 0.717) is 0 Å². The molecule has 0 fully saturated rings. The first kappa shape index (κ1) is 12.6. The molecule has 3 aromatic heterocycles. The first-order valence-corrected chi connectivity index (χ1v) is 6.93. The van der Waals surface area contributed by atoms with Gasteiger partial charge in [0.05, 0.1) is 19.0 Å². The summed E-state index contributed by atoms with van der Waals surface area (Å²) in [4.78, 5) is 11.5. The Morgan fingerprint density at radius 2 is 1.15 bits per heavy atom. The van der Waals surface area contributed by atoms with Crippen LogP contribution in [-0.2, 0) is 15.2 Å². The molecule has 0 aliphatic carbocycles. The Bertz CT molecular complexity index is 692. The van der Waals surface area contributed by atoms with Crippen molar-refractivity contribution in [2.24, 2.45) is 0 Å². The summed E-state index contributed by atoms with van der Waals surface area (Å²) in [6.07, 6.45) is 12.4. The van der Waals surface area contributed by atoms with Crippen molar-refractivity contribution in [1.82, 2.24) is 28.7 Å². The number of hydrogen-bond acceptors (Lipinski definition) is 5. The van der Waals surface area contributed by atoms with Crippen LogP contribution in [0.15, 0.2) is 56.2 Å². The molecule has 0 saturated carbocycles. The van der Waals surface area contributed by atoms with E-state index in [0.717, 1.165) is 0 Å². The second kappa shape index (κ2) is 4.28. The van der Waals surface area contributed by atoms with E-state index in [4.69, 9.17) is 0 Å². The van der Waals surface area contributed by atoms with Gasteiger partial charge in [0.1, 0.15) is 0 Å². The van der Waals surface area contributed by atoms with Crippen molar-refractivity contribution in [2.45, 2.75) is 5.12 Å². The van der Waals surface area contributed by atoms with Gasteiger partial charge in [0.15, 0.2) is 0 Å². The SMILES string of the molecule is O=S(=O)(O)C(n1ccnc1)(n1ccnc1)n1ccnc1. The molecular weight excluding hydrogens is 284 g/mol. The summed E-state index contributed by atoms with van der Waals surface area (Å²) in [7, 11) is -4.63. The van der Waals surface area contributed by atoms with E-state index in [2.05, 4.69) is 15.0 Å². The molecule has 0 bridgehead atoms. The lowest BCUT2D eigenvalue weighted by molar-refractivity contribution is 0.259. The van der Waals surface area contributed by atoms with Gasteiger partial charge < -0.3 is 0 Å². The molecule has 0 amide bonds. The Morgan fingerprint density at radius 1 is 0.800 bits per heavy atom. The Balaban J connectivity index is 2.43. The van der Waals surface area contributed by atoms with E-state index >= 15 is 0 Å². The second-order valence-electron chi connectivity index (χ2n) is 3.96. The first-order chi connectivity index (χ1) is 9.57. The Kier molecular flexibility index (Phi) is 2.69. The lowest BCUT2D eigenvalue weighted by Crippen LogP contribution is -2.52. The third-order valence-electron chi connectivity index (χ3n) is 2.87. The van der Waals surface area contributed by atoms with E-state index in [1.807, 2.05) is 0 Å². The summed E-state index contributed by atoms with van der Waals surface area (Å²) < 4.78 is 37.9. The van der Waals surface area contributed by atoms with Crippen molar-refractivity contribution < 1.29 is 13.0 Å². The highest BCUT2D eigenvalue weighted by Crippen LogP contribution is 2.27. The molecule has 0 unspecified atom stereocenters. The summed E-state index contributed by atoms with van der Waals surface area (Å²) in [6.45, 7) is 0. The molecular formula is C10H10N6O3S. The highest BCUT2D eigenvalue weighted by atomic mass is 32.2. The summed E-state index contributed by atoms with van der Waals surface area (Å²) in [5, 5.41) is -2.00. The van der Waals surface area contributed by atoms with Gasteiger partial charge in [-0.1, -0.05) is 0 Å². The quantitative estimate of drug-likeness (QED) is 0.669. The fourth-order valence-corrected chi connectivity index (χ4v) is 3.22. The molecule has 0 aliphatic heterocycles. The normalized spacial score (nSPS) is 12.7. The maximum Gasteiger partial charge on any atom is 0.338 e. The third-order valence-corrected chi connectivity index (χ3v) is 4.19. The monoisotopic (exact) mass is 294 g/mol. The lowest BCUT2D eigenvalue weighted by Gasteiger charge is -2.33. The standard InChI is InChI=1S/C10H10N6O3S/c17-20(18,19)10(14-4-1-11-7-14,15-5-2-12-8-15)16-6-3-13-9-16/h1-9H,(H,17,18,19). The smallest absolute Gasteiger partial charge is 0.281 e. The molecule has 0 aliphatic rings. The summed E-state index contributed by atoms with van der Waals surface area (Å²) in [5.74, 6) is 0. The van der Waals surface area contributed by atoms with Crippen LogP contribution in [0, 0.1) is 0 Å². The van der Waals surface area contributed by atoms with Crippen LogP contribution in [0.1, 0.15) is 0 Å². The van der Waals surface area contributed by atoms with Gasteiger partial charge in [0.25, 0.3) is 0 Å². The van der Waals surface area contributed by atoms with Gasteiger partial charge >= 0.3 is 15.2 Å². The van der Waals surface area contributed by atoms with Gasteiger partial charge in [-0.25, -0.2) is 15.0 Å². The summed E-state index contributed by atoms with van der Waals surface area (Å²) in [5.41, 5.74) is 0. The van der Waals surface area contributed by atoms with Crippen LogP contribution in [0.2, 0.25) is 0 Å². The topological polar surface area (TPSA) is 108 Å². The zero-order chi connectivity index (χ0) is 14.2. The zero-order valence-electron chi connectivity index (χ0n) is 10.1. The molecule has 0 atom stereocenters. The van der Waals surface area contributed by atoms with Crippen LogP contribution < -0.4 is 0 Å². The predicted molar refractivity (Wildman–Crippen MR) is 67.0 cm³/mol. The van der Waals surface area contributed by atoms with Crippen LogP contribution in [0.25, 0.3) is 0 Å². The van der Waals surface area contributed by atoms with Crippen LogP contribution in [-0.4, -0.2) is 41.6 Å². The number of hydrogen-bond donors (Lipinski definition) is 1. The molecule has 0 spiro atoms. The van der Waals surface area contributed by atoms with E-state index in [1.54, 1.807) is 0 Å². The molecule has 0 saturated heterocycles. The number of rotatable bonds is 4. The third kappa shape index (κ3) is 1.58. The van der Waals surface area contributed by atoms with Crippen molar-refractivity contribution in [3.63, 3.8) is 0 Å².